The van der Waals surface area contributed by atoms with E-state index in [2.05, 4.69) is 45.1 Å². The Bertz CT molecular complexity index is 884. The van der Waals surface area contributed by atoms with Crippen molar-refractivity contribution in [1.82, 2.24) is 5.43 Å². The van der Waals surface area contributed by atoms with Crippen LogP contribution in [0.15, 0.2) is 40.8 Å². The molecule has 0 saturated heterocycles. The third-order valence-electron chi connectivity index (χ3n) is 4.19. The van der Waals surface area contributed by atoms with E-state index in [4.69, 9.17) is 4.74 Å². The molecule has 0 aliphatic carbocycles. The summed E-state index contributed by atoms with van der Waals surface area (Å²) in [6, 6.07) is 8.65. The average Bonchev–Trinajstić information content (AvgIpc) is 3.11. The Hall–Kier alpha value is -2.74. The lowest BCUT2D eigenvalue weighted by molar-refractivity contribution is -0.385. The van der Waals surface area contributed by atoms with Gasteiger partial charge in [-0.15, -0.1) is 11.3 Å². The summed E-state index contributed by atoms with van der Waals surface area (Å²) in [6.45, 7) is 10.2. The number of ether oxygens (including phenoxy) is 1. The number of carbonyl (C=O) groups is 1. The van der Waals surface area contributed by atoms with E-state index < -0.39 is 10.8 Å². The number of nitrogens with zero attached hydrogens (tertiary/aromatic N) is 2. The molecule has 0 bridgehead atoms. The first-order valence-electron chi connectivity index (χ1n) is 9.25. The van der Waals surface area contributed by atoms with Gasteiger partial charge in [-0.2, -0.15) is 5.10 Å². The van der Waals surface area contributed by atoms with Crippen molar-refractivity contribution in [2.75, 3.05) is 6.61 Å². The first kappa shape index (κ1) is 22.5. The van der Waals surface area contributed by atoms with E-state index in [1.54, 1.807) is 6.07 Å². The summed E-state index contributed by atoms with van der Waals surface area (Å²) in [5.74, 6) is -0.438. The maximum Gasteiger partial charge on any atom is 0.311 e. The van der Waals surface area contributed by atoms with Crippen LogP contribution in [-0.2, 0) is 10.2 Å². The maximum atomic E-state index is 11.9. The van der Waals surface area contributed by atoms with Crippen molar-refractivity contribution in [2.45, 2.75) is 46.5 Å². The molecule has 2 aromatic rings. The zero-order chi connectivity index (χ0) is 21.7. The van der Waals surface area contributed by atoms with Crippen LogP contribution in [-0.4, -0.2) is 23.7 Å². The summed E-state index contributed by atoms with van der Waals surface area (Å²) in [5, 5.41) is 17.3. The fourth-order valence-electron chi connectivity index (χ4n) is 3.34. The van der Waals surface area contributed by atoms with Crippen molar-refractivity contribution in [1.29, 1.82) is 0 Å². The highest BCUT2D eigenvalue weighted by Gasteiger charge is 2.29. The first-order chi connectivity index (χ1) is 13.5. The van der Waals surface area contributed by atoms with Crippen LogP contribution < -0.4 is 10.2 Å². The molecule has 1 aromatic carbocycles. The van der Waals surface area contributed by atoms with Crippen molar-refractivity contribution < 1.29 is 14.5 Å². The molecule has 1 aromatic heterocycles. The van der Waals surface area contributed by atoms with E-state index in [-0.39, 0.29) is 28.9 Å². The van der Waals surface area contributed by atoms with Crippen LogP contribution in [0.4, 0.5) is 5.69 Å². The standard InChI is InChI=1S/C21H27N3O4S/c1-20(2,3)14-21(4,5)15-8-9-18(17(11-15)24(26)27)28-13-19(25)23-22-12-16-7-6-10-29-16/h6-12H,13-14H2,1-5H3,(H,23,25)/b22-12-. The number of carbonyl (C=O) groups excluding carboxylic acids is 1. The monoisotopic (exact) mass is 417 g/mol. The van der Waals surface area contributed by atoms with Gasteiger partial charge in [-0.3, -0.25) is 14.9 Å². The first-order valence-corrected chi connectivity index (χ1v) is 10.1. The van der Waals surface area contributed by atoms with E-state index in [0.717, 1.165) is 16.9 Å². The molecule has 0 spiro atoms. The van der Waals surface area contributed by atoms with Crippen LogP contribution in [0.25, 0.3) is 0 Å². The molecule has 0 saturated carbocycles. The fourth-order valence-corrected chi connectivity index (χ4v) is 3.92. The zero-order valence-corrected chi connectivity index (χ0v) is 18.2. The van der Waals surface area contributed by atoms with Gasteiger partial charge in [-0.05, 0) is 40.3 Å². The number of hydrogen-bond donors (Lipinski definition) is 1. The summed E-state index contributed by atoms with van der Waals surface area (Å²) in [5.41, 5.74) is 2.89. The van der Waals surface area contributed by atoms with E-state index in [1.807, 2.05) is 23.6 Å². The van der Waals surface area contributed by atoms with Crippen molar-refractivity contribution in [3.05, 3.63) is 56.3 Å². The zero-order valence-electron chi connectivity index (χ0n) is 17.4. The SMILES string of the molecule is CC(C)(C)CC(C)(C)c1ccc(OCC(=O)N/N=C\c2cccs2)c([N+](=O)[O-])c1. The Morgan fingerprint density at radius 2 is 2.00 bits per heavy atom. The normalized spacial score (nSPS) is 12.2. The van der Waals surface area contributed by atoms with Gasteiger partial charge in [0.25, 0.3) is 5.91 Å². The number of nitro groups is 1. The lowest BCUT2D eigenvalue weighted by Gasteiger charge is -2.33. The van der Waals surface area contributed by atoms with Crippen LogP contribution in [0.5, 0.6) is 5.75 Å². The summed E-state index contributed by atoms with van der Waals surface area (Å²) >= 11 is 1.49. The Morgan fingerprint density at radius 1 is 1.28 bits per heavy atom. The van der Waals surface area contributed by atoms with Gasteiger partial charge in [-0.25, -0.2) is 5.43 Å². The molecule has 1 amide bonds. The highest BCUT2D eigenvalue weighted by molar-refractivity contribution is 7.11. The van der Waals surface area contributed by atoms with Crippen molar-refractivity contribution in [2.24, 2.45) is 10.5 Å². The molecule has 0 atom stereocenters. The predicted octanol–water partition coefficient (Wildman–Crippen LogP) is 4.90. The van der Waals surface area contributed by atoms with Gasteiger partial charge in [0.15, 0.2) is 12.4 Å². The van der Waals surface area contributed by atoms with Crippen LogP contribution in [0.1, 0.15) is 51.5 Å². The van der Waals surface area contributed by atoms with Crippen molar-refractivity contribution >= 4 is 29.1 Å². The number of benzene rings is 1. The largest absolute Gasteiger partial charge is 0.477 e. The van der Waals surface area contributed by atoms with Crippen LogP contribution in [0.3, 0.4) is 0 Å². The highest BCUT2D eigenvalue weighted by Crippen LogP contribution is 2.39. The molecular weight excluding hydrogens is 390 g/mol. The lowest BCUT2D eigenvalue weighted by atomic mass is 9.72. The smallest absolute Gasteiger partial charge is 0.311 e. The van der Waals surface area contributed by atoms with Crippen LogP contribution >= 0.6 is 11.3 Å². The molecule has 1 N–H and O–H groups in total. The number of nitrogens with one attached hydrogen (secondary N) is 1. The summed E-state index contributed by atoms with van der Waals surface area (Å²) < 4.78 is 5.39. The van der Waals surface area contributed by atoms with Gasteiger partial charge >= 0.3 is 5.69 Å². The number of rotatable bonds is 8. The number of hydrazone groups is 1. The summed E-state index contributed by atoms with van der Waals surface area (Å²) in [7, 11) is 0. The second-order valence-electron chi connectivity index (χ2n) is 8.66. The van der Waals surface area contributed by atoms with Gasteiger partial charge in [-0.1, -0.05) is 46.8 Å². The number of amides is 1. The second kappa shape index (κ2) is 9.17. The highest BCUT2D eigenvalue weighted by atomic mass is 32.1. The molecule has 29 heavy (non-hydrogen) atoms. The maximum absolute atomic E-state index is 11.9. The lowest BCUT2D eigenvalue weighted by Crippen LogP contribution is -2.26. The molecule has 7 nitrogen and oxygen atoms in total. The van der Waals surface area contributed by atoms with E-state index in [9.17, 15) is 14.9 Å². The quantitative estimate of drug-likeness (QED) is 0.375. The van der Waals surface area contributed by atoms with Crippen LogP contribution in [0, 0.1) is 15.5 Å². The molecule has 0 aliphatic heterocycles. The Morgan fingerprint density at radius 3 is 2.59 bits per heavy atom. The molecule has 0 unspecified atom stereocenters. The molecule has 0 radical (unpaired) electrons. The summed E-state index contributed by atoms with van der Waals surface area (Å²) in [4.78, 5) is 23.8. The minimum Gasteiger partial charge on any atom is -0.477 e. The Balaban J connectivity index is 2.06. The fraction of sp³-hybridized carbons (Fsp3) is 0.429. The predicted molar refractivity (Wildman–Crippen MR) is 116 cm³/mol. The topological polar surface area (TPSA) is 93.8 Å². The molecule has 0 aliphatic rings. The average molecular weight is 418 g/mol. The minimum absolute atomic E-state index is 0.0581. The number of thiophene rings is 1. The van der Waals surface area contributed by atoms with Crippen molar-refractivity contribution in [3.63, 3.8) is 0 Å². The van der Waals surface area contributed by atoms with E-state index >= 15 is 0 Å². The molecule has 8 heteroatoms. The van der Waals surface area contributed by atoms with Gasteiger partial charge in [0.05, 0.1) is 11.1 Å². The summed E-state index contributed by atoms with van der Waals surface area (Å²) in [6.07, 6.45) is 2.39. The van der Waals surface area contributed by atoms with Crippen molar-refractivity contribution in [3.8, 4) is 5.75 Å². The third-order valence-corrected chi connectivity index (χ3v) is 5.00. The van der Waals surface area contributed by atoms with Crippen LogP contribution in [0.2, 0.25) is 0 Å². The van der Waals surface area contributed by atoms with Gasteiger partial charge in [0, 0.05) is 10.9 Å². The molecule has 1 heterocycles. The number of hydrogen-bond acceptors (Lipinski definition) is 6. The van der Waals surface area contributed by atoms with E-state index in [0.29, 0.717) is 0 Å². The van der Waals surface area contributed by atoms with E-state index in [1.165, 1.54) is 23.6 Å². The number of nitro benzene ring substituents is 1. The van der Waals surface area contributed by atoms with Gasteiger partial charge in [0.1, 0.15) is 0 Å². The molecule has 0 fully saturated rings. The van der Waals surface area contributed by atoms with Gasteiger partial charge in [0.2, 0.25) is 0 Å². The van der Waals surface area contributed by atoms with Gasteiger partial charge < -0.3 is 4.74 Å². The molecular formula is C21H27N3O4S. The Kier molecular flexibility index (Phi) is 7.13. The minimum atomic E-state index is -0.496. The second-order valence-corrected chi connectivity index (χ2v) is 9.64. The third kappa shape index (κ3) is 6.98. The molecule has 156 valence electrons. The Labute approximate surface area is 174 Å². The molecule has 2 rings (SSSR count).